The Morgan fingerprint density at radius 2 is 1.91 bits per heavy atom. The Morgan fingerprint density at radius 1 is 1.32 bits per heavy atom. The summed E-state index contributed by atoms with van der Waals surface area (Å²) >= 11 is 16.6. The fourth-order valence-electron chi connectivity index (χ4n) is 1.82. The van der Waals surface area contributed by atoms with E-state index in [0.29, 0.717) is 5.56 Å². The number of carbonyl (C=O) groups excluding carboxylic acids is 2. The standard InChI is InChI=1S/C14H10Cl2N2O3S/c1-2-3-18-13(21)8(12(20)17-14(18)22)4-7-5-9(15)11(19)10(16)6-7/h2,4-6,19H,1,3H2,(H,17,20,22)/b8-4-. The summed E-state index contributed by atoms with van der Waals surface area (Å²) < 4.78 is 0. The Balaban J connectivity index is 2.45. The summed E-state index contributed by atoms with van der Waals surface area (Å²) in [4.78, 5) is 25.5. The van der Waals surface area contributed by atoms with Gasteiger partial charge in [-0.05, 0) is 36.0 Å². The number of hydrogen-bond donors (Lipinski definition) is 2. The fourth-order valence-corrected chi connectivity index (χ4v) is 2.58. The maximum absolute atomic E-state index is 12.3. The molecule has 2 N–H and O–H groups in total. The SMILES string of the molecule is C=CCN1C(=O)/C(=C\c2cc(Cl)c(O)c(Cl)c2)C(=O)NC1=S. The second-order valence-electron chi connectivity index (χ2n) is 4.35. The van der Waals surface area contributed by atoms with Crippen molar-refractivity contribution in [2.24, 2.45) is 0 Å². The number of amides is 2. The Kier molecular flexibility index (Phi) is 4.85. The van der Waals surface area contributed by atoms with Gasteiger partial charge < -0.3 is 5.11 Å². The number of aromatic hydroxyl groups is 1. The Bertz CT molecular complexity index is 708. The first kappa shape index (κ1) is 16.5. The molecular weight excluding hydrogens is 347 g/mol. The van der Waals surface area contributed by atoms with E-state index in [4.69, 9.17) is 35.4 Å². The molecule has 2 rings (SSSR count). The second-order valence-corrected chi connectivity index (χ2v) is 5.56. The zero-order valence-electron chi connectivity index (χ0n) is 11.1. The molecule has 0 radical (unpaired) electrons. The van der Waals surface area contributed by atoms with Crippen molar-refractivity contribution in [1.82, 2.24) is 10.2 Å². The summed E-state index contributed by atoms with van der Waals surface area (Å²) in [5.74, 6) is -1.43. The molecule has 1 heterocycles. The Morgan fingerprint density at radius 3 is 2.45 bits per heavy atom. The lowest BCUT2D eigenvalue weighted by molar-refractivity contribution is -0.128. The van der Waals surface area contributed by atoms with Crippen LogP contribution in [0.5, 0.6) is 5.75 Å². The van der Waals surface area contributed by atoms with E-state index >= 15 is 0 Å². The molecule has 0 unspecified atom stereocenters. The van der Waals surface area contributed by atoms with Gasteiger partial charge in [0.25, 0.3) is 11.8 Å². The maximum atomic E-state index is 12.3. The van der Waals surface area contributed by atoms with E-state index in [2.05, 4.69) is 11.9 Å². The van der Waals surface area contributed by atoms with E-state index in [0.717, 1.165) is 0 Å². The van der Waals surface area contributed by atoms with Gasteiger partial charge in [-0.25, -0.2) is 0 Å². The number of rotatable bonds is 3. The first-order chi connectivity index (χ1) is 10.3. The van der Waals surface area contributed by atoms with Gasteiger partial charge in [0, 0.05) is 6.54 Å². The van der Waals surface area contributed by atoms with E-state index in [1.807, 2.05) is 0 Å². The number of carbonyl (C=O) groups is 2. The molecule has 22 heavy (non-hydrogen) atoms. The molecule has 1 aliphatic rings. The van der Waals surface area contributed by atoms with Crippen LogP contribution in [0.15, 0.2) is 30.4 Å². The molecule has 114 valence electrons. The molecule has 1 saturated heterocycles. The number of phenolic OH excluding ortho intramolecular Hbond substituents is 1. The van der Waals surface area contributed by atoms with E-state index in [1.54, 1.807) is 0 Å². The van der Waals surface area contributed by atoms with Gasteiger partial charge in [-0.1, -0.05) is 29.3 Å². The average Bonchev–Trinajstić information content (AvgIpc) is 2.45. The lowest BCUT2D eigenvalue weighted by Gasteiger charge is -2.27. The third kappa shape index (κ3) is 3.14. The van der Waals surface area contributed by atoms with Crippen molar-refractivity contribution >= 4 is 58.4 Å². The molecule has 1 aliphatic heterocycles. The summed E-state index contributed by atoms with van der Waals surface area (Å²) in [7, 11) is 0. The molecule has 1 aromatic carbocycles. The summed E-state index contributed by atoms with van der Waals surface area (Å²) in [6.45, 7) is 3.71. The van der Waals surface area contributed by atoms with Gasteiger partial charge in [0.1, 0.15) is 5.57 Å². The van der Waals surface area contributed by atoms with Crippen LogP contribution in [0.2, 0.25) is 10.0 Å². The van der Waals surface area contributed by atoms with E-state index < -0.39 is 11.8 Å². The third-order valence-corrected chi connectivity index (χ3v) is 3.75. The van der Waals surface area contributed by atoms with Crippen molar-refractivity contribution < 1.29 is 14.7 Å². The fraction of sp³-hybridized carbons (Fsp3) is 0.0714. The van der Waals surface area contributed by atoms with Crippen molar-refractivity contribution in [3.05, 3.63) is 46.0 Å². The van der Waals surface area contributed by atoms with Gasteiger partial charge in [0.15, 0.2) is 10.9 Å². The first-order valence-corrected chi connectivity index (χ1v) is 7.19. The maximum Gasteiger partial charge on any atom is 0.265 e. The minimum absolute atomic E-state index is 0.0153. The molecule has 0 aliphatic carbocycles. The lowest BCUT2D eigenvalue weighted by Crippen LogP contribution is -2.53. The monoisotopic (exact) mass is 356 g/mol. The van der Waals surface area contributed by atoms with Gasteiger partial charge in [-0.3, -0.25) is 19.8 Å². The molecule has 2 amide bonds. The van der Waals surface area contributed by atoms with Crippen molar-refractivity contribution in [3.63, 3.8) is 0 Å². The van der Waals surface area contributed by atoms with Gasteiger partial charge in [0.05, 0.1) is 10.0 Å². The normalized spacial score (nSPS) is 16.9. The topological polar surface area (TPSA) is 69.6 Å². The van der Waals surface area contributed by atoms with E-state index in [-0.39, 0.29) is 33.0 Å². The molecule has 0 saturated carbocycles. The summed E-state index contributed by atoms with van der Waals surface area (Å²) in [6, 6.07) is 2.78. The van der Waals surface area contributed by atoms with Crippen LogP contribution in [-0.4, -0.2) is 33.5 Å². The summed E-state index contributed by atoms with van der Waals surface area (Å²) in [5.41, 5.74) is 0.283. The van der Waals surface area contributed by atoms with Crippen LogP contribution in [0.25, 0.3) is 6.08 Å². The molecular formula is C14H10Cl2N2O3S. The minimum Gasteiger partial charge on any atom is -0.505 e. The quantitative estimate of drug-likeness (QED) is 0.378. The van der Waals surface area contributed by atoms with Crippen LogP contribution in [0.4, 0.5) is 0 Å². The predicted molar refractivity (Wildman–Crippen MR) is 88.8 cm³/mol. The van der Waals surface area contributed by atoms with Crippen molar-refractivity contribution in [2.75, 3.05) is 6.54 Å². The molecule has 0 aromatic heterocycles. The number of nitrogens with one attached hydrogen (secondary N) is 1. The molecule has 0 spiro atoms. The number of thiocarbonyl (C=S) groups is 1. The van der Waals surface area contributed by atoms with Crippen LogP contribution in [0.3, 0.4) is 0 Å². The van der Waals surface area contributed by atoms with Crippen molar-refractivity contribution in [2.45, 2.75) is 0 Å². The first-order valence-electron chi connectivity index (χ1n) is 6.03. The van der Waals surface area contributed by atoms with Crippen molar-refractivity contribution in [1.29, 1.82) is 0 Å². The number of halogens is 2. The number of phenols is 1. The van der Waals surface area contributed by atoms with Crippen LogP contribution < -0.4 is 5.32 Å². The smallest absolute Gasteiger partial charge is 0.265 e. The largest absolute Gasteiger partial charge is 0.505 e. The number of benzene rings is 1. The van der Waals surface area contributed by atoms with Crippen molar-refractivity contribution in [3.8, 4) is 5.75 Å². The van der Waals surface area contributed by atoms with Gasteiger partial charge in [0.2, 0.25) is 0 Å². The van der Waals surface area contributed by atoms with Gasteiger partial charge in [-0.2, -0.15) is 0 Å². The van der Waals surface area contributed by atoms with E-state index in [1.165, 1.54) is 29.2 Å². The minimum atomic E-state index is -0.615. The highest BCUT2D eigenvalue weighted by Crippen LogP contribution is 2.33. The predicted octanol–water partition coefficient (Wildman–Crippen LogP) is 2.51. The van der Waals surface area contributed by atoms with Gasteiger partial charge in [-0.15, -0.1) is 6.58 Å². The second kappa shape index (κ2) is 6.48. The molecule has 1 aromatic rings. The van der Waals surface area contributed by atoms with Gasteiger partial charge >= 0.3 is 0 Å². The molecule has 1 fully saturated rings. The molecule has 8 heteroatoms. The zero-order chi connectivity index (χ0) is 16.4. The molecule has 0 atom stereocenters. The van der Waals surface area contributed by atoms with Crippen LogP contribution in [-0.2, 0) is 9.59 Å². The highest BCUT2D eigenvalue weighted by atomic mass is 35.5. The van der Waals surface area contributed by atoms with E-state index in [9.17, 15) is 14.7 Å². The molecule has 0 bridgehead atoms. The summed E-state index contributed by atoms with van der Waals surface area (Å²) in [6.07, 6.45) is 2.82. The number of nitrogens with zero attached hydrogens (tertiary/aromatic N) is 1. The summed E-state index contributed by atoms with van der Waals surface area (Å²) in [5, 5.41) is 12.0. The average molecular weight is 357 g/mol. The Labute approximate surface area is 141 Å². The Hall–Kier alpha value is -1.89. The lowest BCUT2D eigenvalue weighted by atomic mass is 10.1. The number of hydrogen-bond acceptors (Lipinski definition) is 4. The highest BCUT2D eigenvalue weighted by Gasteiger charge is 2.32. The molecule has 5 nitrogen and oxygen atoms in total. The van der Waals surface area contributed by atoms with Crippen LogP contribution >= 0.6 is 35.4 Å². The van der Waals surface area contributed by atoms with Crippen LogP contribution in [0.1, 0.15) is 5.56 Å². The zero-order valence-corrected chi connectivity index (χ0v) is 13.4. The highest BCUT2D eigenvalue weighted by molar-refractivity contribution is 7.80. The third-order valence-electron chi connectivity index (χ3n) is 2.85. The van der Waals surface area contributed by atoms with Crippen LogP contribution in [0, 0.1) is 0 Å².